The average molecular weight is 301 g/mol. The van der Waals surface area contributed by atoms with Gasteiger partial charge in [0, 0.05) is 0 Å². The van der Waals surface area contributed by atoms with Crippen molar-refractivity contribution in [2.75, 3.05) is 0 Å². The first-order valence-electron chi connectivity index (χ1n) is 9.55. The van der Waals surface area contributed by atoms with Gasteiger partial charge in [0.1, 0.15) is 0 Å². The molecule has 22 heavy (non-hydrogen) atoms. The van der Waals surface area contributed by atoms with Gasteiger partial charge in [0.2, 0.25) is 0 Å². The van der Waals surface area contributed by atoms with Gasteiger partial charge in [-0.2, -0.15) is 0 Å². The van der Waals surface area contributed by atoms with Gasteiger partial charge in [0.25, 0.3) is 0 Å². The van der Waals surface area contributed by atoms with Crippen LogP contribution in [0.5, 0.6) is 0 Å². The summed E-state index contributed by atoms with van der Waals surface area (Å²) < 4.78 is 0. The van der Waals surface area contributed by atoms with Gasteiger partial charge in [-0.25, -0.2) is 0 Å². The van der Waals surface area contributed by atoms with E-state index in [4.69, 9.17) is 0 Å². The smallest absolute Gasteiger partial charge is 0.0279 e. The molecule has 0 saturated carbocycles. The van der Waals surface area contributed by atoms with E-state index in [0.717, 1.165) is 6.42 Å². The minimum Gasteiger partial charge on any atom is -0.103 e. The molecule has 0 amide bonds. The van der Waals surface area contributed by atoms with Crippen molar-refractivity contribution < 1.29 is 0 Å². The first-order valence-corrected chi connectivity index (χ1v) is 9.55. The van der Waals surface area contributed by atoms with Gasteiger partial charge >= 0.3 is 0 Å². The Kier molecular flexibility index (Phi) is 11.8. The second-order valence-corrected chi connectivity index (χ2v) is 6.58. The van der Waals surface area contributed by atoms with Crippen LogP contribution in [0.3, 0.4) is 0 Å². The van der Waals surface area contributed by atoms with Crippen LogP contribution in [0.15, 0.2) is 36.9 Å². The fourth-order valence-corrected chi connectivity index (χ4v) is 2.95. The number of hydrogen-bond donors (Lipinski definition) is 0. The number of allylic oxidation sites excluding steroid dienone is 1. The molecule has 124 valence electrons. The second-order valence-electron chi connectivity index (χ2n) is 6.58. The lowest BCUT2D eigenvalue weighted by atomic mass is 10.0. The molecule has 1 aromatic carbocycles. The fourth-order valence-electron chi connectivity index (χ4n) is 2.95. The molecular weight excluding hydrogens is 264 g/mol. The van der Waals surface area contributed by atoms with Gasteiger partial charge < -0.3 is 0 Å². The highest BCUT2D eigenvalue weighted by Crippen LogP contribution is 2.13. The molecular formula is C22H36. The number of rotatable bonds is 14. The summed E-state index contributed by atoms with van der Waals surface area (Å²) in [6, 6.07) is 9.33. The monoisotopic (exact) mass is 300 g/mol. The van der Waals surface area contributed by atoms with Crippen molar-refractivity contribution in [3.63, 3.8) is 0 Å². The zero-order valence-electron chi connectivity index (χ0n) is 14.8. The lowest BCUT2D eigenvalue weighted by molar-refractivity contribution is 0.575. The minimum absolute atomic E-state index is 1.15. The van der Waals surface area contributed by atoms with E-state index in [1.165, 1.54) is 88.2 Å². The quantitative estimate of drug-likeness (QED) is 0.250. The number of unbranched alkanes of at least 4 members (excludes halogenated alkanes) is 9. The van der Waals surface area contributed by atoms with Crippen LogP contribution in [0.4, 0.5) is 0 Å². The predicted molar refractivity (Wildman–Crippen MR) is 101 cm³/mol. The van der Waals surface area contributed by atoms with Crippen molar-refractivity contribution >= 4 is 0 Å². The van der Waals surface area contributed by atoms with Gasteiger partial charge in [-0.3, -0.25) is 0 Å². The summed E-state index contributed by atoms with van der Waals surface area (Å²) in [6.07, 6.45) is 19.4. The van der Waals surface area contributed by atoms with Crippen LogP contribution in [0, 0.1) is 0 Å². The van der Waals surface area contributed by atoms with Crippen LogP contribution in [-0.4, -0.2) is 0 Å². The highest BCUT2D eigenvalue weighted by molar-refractivity contribution is 5.22. The lowest BCUT2D eigenvalue weighted by Crippen LogP contribution is -1.89. The molecule has 0 heterocycles. The maximum atomic E-state index is 3.78. The zero-order chi connectivity index (χ0) is 15.9. The van der Waals surface area contributed by atoms with Gasteiger partial charge in [-0.15, -0.1) is 6.58 Å². The van der Waals surface area contributed by atoms with Crippen LogP contribution < -0.4 is 0 Å². The fraction of sp³-hybridized carbons (Fsp3) is 0.636. The number of aryl methyl sites for hydroxylation is 2. The van der Waals surface area contributed by atoms with Crippen LogP contribution in [0.1, 0.15) is 88.7 Å². The molecule has 0 spiro atoms. The number of benzene rings is 1. The van der Waals surface area contributed by atoms with Crippen molar-refractivity contribution in [3.8, 4) is 0 Å². The summed E-state index contributed by atoms with van der Waals surface area (Å²) in [5.74, 6) is 0. The van der Waals surface area contributed by atoms with Crippen molar-refractivity contribution in [1.82, 2.24) is 0 Å². The molecule has 0 fully saturated rings. The Balaban J connectivity index is 2.05. The molecule has 0 saturated heterocycles. The van der Waals surface area contributed by atoms with E-state index in [1.807, 2.05) is 6.08 Å². The summed E-state index contributed by atoms with van der Waals surface area (Å²) in [6.45, 7) is 6.06. The molecule has 0 aliphatic rings. The molecule has 0 N–H and O–H groups in total. The van der Waals surface area contributed by atoms with Crippen molar-refractivity contribution in [2.45, 2.75) is 90.4 Å². The van der Waals surface area contributed by atoms with Crippen molar-refractivity contribution in [2.24, 2.45) is 0 Å². The molecule has 0 radical (unpaired) electrons. The Morgan fingerprint density at radius 3 is 1.64 bits per heavy atom. The maximum absolute atomic E-state index is 3.78. The SMILES string of the molecule is C=CCCCCc1ccc(CCCCCCCCCC)cc1. The van der Waals surface area contributed by atoms with Crippen molar-refractivity contribution in [3.05, 3.63) is 48.0 Å². The Morgan fingerprint density at radius 1 is 0.682 bits per heavy atom. The summed E-state index contributed by atoms with van der Waals surface area (Å²) in [5, 5.41) is 0. The zero-order valence-corrected chi connectivity index (χ0v) is 14.8. The van der Waals surface area contributed by atoms with E-state index in [-0.39, 0.29) is 0 Å². The molecule has 0 bridgehead atoms. The third-order valence-electron chi connectivity index (χ3n) is 4.47. The van der Waals surface area contributed by atoms with E-state index >= 15 is 0 Å². The molecule has 0 aliphatic carbocycles. The summed E-state index contributed by atoms with van der Waals surface area (Å²) >= 11 is 0. The molecule has 1 rings (SSSR count). The topological polar surface area (TPSA) is 0 Å². The number of hydrogen-bond acceptors (Lipinski definition) is 0. The van der Waals surface area contributed by atoms with Crippen LogP contribution >= 0.6 is 0 Å². The van der Waals surface area contributed by atoms with Gasteiger partial charge in [-0.1, -0.05) is 82.2 Å². The van der Waals surface area contributed by atoms with Crippen LogP contribution in [0.25, 0.3) is 0 Å². The average Bonchev–Trinajstić information content (AvgIpc) is 2.55. The molecule has 0 aromatic heterocycles. The molecule has 0 nitrogen and oxygen atoms in total. The predicted octanol–water partition coefficient (Wildman–Crippen LogP) is 7.27. The second kappa shape index (κ2) is 13.6. The highest BCUT2D eigenvalue weighted by Gasteiger charge is 1.97. The largest absolute Gasteiger partial charge is 0.103 e. The normalized spacial score (nSPS) is 10.8. The summed E-state index contributed by atoms with van der Waals surface area (Å²) in [4.78, 5) is 0. The van der Waals surface area contributed by atoms with Crippen LogP contribution in [-0.2, 0) is 12.8 Å². The van der Waals surface area contributed by atoms with E-state index < -0.39 is 0 Å². The van der Waals surface area contributed by atoms with E-state index in [9.17, 15) is 0 Å². The van der Waals surface area contributed by atoms with Crippen molar-refractivity contribution in [1.29, 1.82) is 0 Å². The Morgan fingerprint density at radius 2 is 1.14 bits per heavy atom. The Hall–Kier alpha value is -1.04. The maximum Gasteiger partial charge on any atom is -0.0279 e. The standard InChI is InChI=1S/C22H36/c1-3-5-7-9-10-11-12-14-16-22-19-17-21(18-20-22)15-13-8-6-4-2/h4,17-20H,2-3,5-16H2,1H3. The first-order chi connectivity index (χ1) is 10.9. The van der Waals surface area contributed by atoms with E-state index in [2.05, 4.69) is 37.8 Å². The van der Waals surface area contributed by atoms with E-state index in [0.29, 0.717) is 0 Å². The Labute approximate surface area is 139 Å². The lowest BCUT2D eigenvalue weighted by Gasteiger charge is -2.05. The van der Waals surface area contributed by atoms with Gasteiger partial charge in [-0.05, 0) is 49.7 Å². The Bertz CT molecular complexity index is 360. The molecule has 1 aromatic rings. The molecule has 0 unspecified atom stereocenters. The van der Waals surface area contributed by atoms with Crippen LogP contribution in [0.2, 0.25) is 0 Å². The van der Waals surface area contributed by atoms with Gasteiger partial charge in [0.05, 0.1) is 0 Å². The summed E-state index contributed by atoms with van der Waals surface area (Å²) in [5.41, 5.74) is 3.00. The highest BCUT2D eigenvalue weighted by atomic mass is 14.0. The first kappa shape index (κ1) is 19.0. The minimum atomic E-state index is 1.15. The third-order valence-corrected chi connectivity index (χ3v) is 4.47. The third kappa shape index (κ3) is 9.82. The van der Waals surface area contributed by atoms with E-state index in [1.54, 1.807) is 0 Å². The van der Waals surface area contributed by atoms with Gasteiger partial charge in [0.15, 0.2) is 0 Å². The molecule has 0 aliphatic heterocycles. The molecule has 0 atom stereocenters. The summed E-state index contributed by atoms with van der Waals surface area (Å²) in [7, 11) is 0. The molecule has 0 heteroatoms.